The fourth-order valence-electron chi connectivity index (χ4n) is 1.90. The average Bonchev–Trinajstić information content (AvgIpc) is 2.28. The van der Waals surface area contributed by atoms with Crippen molar-refractivity contribution in [2.24, 2.45) is 0 Å². The molecule has 1 aliphatic rings. The van der Waals surface area contributed by atoms with Crippen LogP contribution in [0.4, 0.5) is 0 Å². The minimum atomic E-state index is -0.0360. The number of nitrogens with zero attached hydrogens (tertiary/aromatic N) is 2. The lowest BCUT2D eigenvalue weighted by Crippen LogP contribution is -2.28. The van der Waals surface area contributed by atoms with Crippen LogP contribution in [0.2, 0.25) is 0 Å². The second kappa shape index (κ2) is 4.61. The summed E-state index contributed by atoms with van der Waals surface area (Å²) in [6.07, 6.45) is 0.959. The highest BCUT2D eigenvalue weighted by atomic mass is 16.5. The molecule has 1 N–H and O–H groups in total. The van der Waals surface area contributed by atoms with Crippen molar-refractivity contribution >= 4 is 0 Å². The van der Waals surface area contributed by atoms with Gasteiger partial charge in [-0.2, -0.15) is 4.98 Å². The summed E-state index contributed by atoms with van der Waals surface area (Å²) in [6.45, 7) is 10.8. The molecule has 0 aromatic carbocycles. The third-order valence-electron chi connectivity index (χ3n) is 2.85. The highest BCUT2D eigenvalue weighted by Crippen LogP contribution is 2.27. The number of ether oxygens (including phenoxy) is 1. The number of rotatable bonds is 2. The van der Waals surface area contributed by atoms with Gasteiger partial charge in [0.25, 0.3) is 0 Å². The molecular formula is C13H21N3O. The molecule has 17 heavy (non-hydrogen) atoms. The van der Waals surface area contributed by atoms with Crippen molar-refractivity contribution in [3.05, 3.63) is 17.1 Å². The van der Waals surface area contributed by atoms with E-state index in [1.807, 2.05) is 6.92 Å². The summed E-state index contributed by atoms with van der Waals surface area (Å²) >= 11 is 0. The Bertz CT molecular complexity index is 410. The topological polar surface area (TPSA) is 47.0 Å². The highest BCUT2D eigenvalue weighted by molar-refractivity contribution is 5.34. The molecule has 94 valence electrons. The minimum absolute atomic E-state index is 0.0360. The number of fused-ring (bicyclic) bond motifs is 1. The Balaban J connectivity index is 2.48. The molecule has 0 saturated heterocycles. The van der Waals surface area contributed by atoms with Crippen LogP contribution in [0.1, 0.15) is 44.8 Å². The second-order valence-electron chi connectivity index (χ2n) is 5.39. The largest absolute Gasteiger partial charge is 0.478 e. The highest BCUT2D eigenvalue weighted by Gasteiger charge is 2.24. The Morgan fingerprint density at radius 2 is 2.06 bits per heavy atom. The molecule has 0 spiro atoms. The monoisotopic (exact) mass is 235 g/mol. The van der Waals surface area contributed by atoms with Crippen molar-refractivity contribution in [3.8, 4) is 5.88 Å². The van der Waals surface area contributed by atoms with Gasteiger partial charge in [0.05, 0.1) is 12.3 Å². The number of aromatic nitrogens is 2. The van der Waals surface area contributed by atoms with Gasteiger partial charge in [-0.25, -0.2) is 4.98 Å². The summed E-state index contributed by atoms with van der Waals surface area (Å²) in [5, 5.41) is 3.34. The van der Waals surface area contributed by atoms with E-state index in [1.54, 1.807) is 0 Å². The predicted octanol–water partition coefficient (Wildman–Crippen LogP) is 1.82. The minimum Gasteiger partial charge on any atom is -0.478 e. The van der Waals surface area contributed by atoms with Crippen molar-refractivity contribution in [1.29, 1.82) is 0 Å². The van der Waals surface area contributed by atoms with Crippen LogP contribution < -0.4 is 10.1 Å². The predicted molar refractivity (Wildman–Crippen MR) is 67.3 cm³/mol. The first-order valence-corrected chi connectivity index (χ1v) is 6.26. The standard InChI is InChI=1S/C13H21N3O/c1-5-17-11-9-8-14-7-6-10(9)15-12(16-11)13(2,3)4/h14H,5-8H2,1-4H3. The first-order chi connectivity index (χ1) is 8.02. The molecule has 4 nitrogen and oxygen atoms in total. The molecule has 0 atom stereocenters. The van der Waals surface area contributed by atoms with E-state index < -0.39 is 0 Å². The summed E-state index contributed by atoms with van der Waals surface area (Å²) in [7, 11) is 0. The lowest BCUT2D eigenvalue weighted by Gasteiger charge is -2.23. The third-order valence-corrected chi connectivity index (χ3v) is 2.85. The summed E-state index contributed by atoms with van der Waals surface area (Å²) in [6, 6.07) is 0. The molecule has 1 aromatic rings. The van der Waals surface area contributed by atoms with E-state index >= 15 is 0 Å². The van der Waals surface area contributed by atoms with Crippen LogP contribution in [-0.4, -0.2) is 23.1 Å². The van der Waals surface area contributed by atoms with Crippen LogP contribution in [0.15, 0.2) is 0 Å². The summed E-state index contributed by atoms with van der Waals surface area (Å²) in [5.41, 5.74) is 2.24. The van der Waals surface area contributed by atoms with Gasteiger partial charge >= 0.3 is 0 Å². The first-order valence-electron chi connectivity index (χ1n) is 6.26. The van der Waals surface area contributed by atoms with Gasteiger partial charge in [-0.15, -0.1) is 0 Å². The molecule has 2 heterocycles. The van der Waals surface area contributed by atoms with Gasteiger partial charge in [0.15, 0.2) is 0 Å². The van der Waals surface area contributed by atoms with Gasteiger partial charge in [-0.3, -0.25) is 0 Å². The molecule has 0 saturated carbocycles. The number of hydrogen-bond donors (Lipinski definition) is 1. The quantitative estimate of drug-likeness (QED) is 0.849. The summed E-state index contributed by atoms with van der Waals surface area (Å²) in [4.78, 5) is 9.27. The van der Waals surface area contributed by atoms with E-state index in [9.17, 15) is 0 Å². The van der Waals surface area contributed by atoms with Crippen LogP contribution in [-0.2, 0) is 18.4 Å². The zero-order chi connectivity index (χ0) is 12.5. The fraction of sp³-hybridized carbons (Fsp3) is 0.692. The van der Waals surface area contributed by atoms with E-state index in [4.69, 9.17) is 9.72 Å². The molecular weight excluding hydrogens is 214 g/mol. The van der Waals surface area contributed by atoms with Gasteiger partial charge in [0.1, 0.15) is 5.82 Å². The van der Waals surface area contributed by atoms with Crippen LogP contribution >= 0.6 is 0 Å². The van der Waals surface area contributed by atoms with Crippen LogP contribution in [0.5, 0.6) is 5.88 Å². The van der Waals surface area contributed by atoms with E-state index in [0.29, 0.717) is 6.61 Å². The molecule has 0 aliphatic carbocycles. The fourth-order valence-corrected chi connectivity index (χ4v) is 1.90. The molecule has 0 fully saturated rings. The normalized spacial score (nSPS) is 15.5. The molecule has 0 unspecified atom stereocenters. The molecule has 1 aromatic heterocycles. The van der Waals surface area contributed by atoms with Crippen LogP contribution in [0, 0.1) is 0 Å². The van der Waals surface area contributed by atoms with E-state index in [-0.39, 0.29) is 5.41 Å². The van der Waals surface area contributed by atoms with Crippen molar-refractivity contribution < 1.29 is 4.74 Å². The van der Waals surface area contributed by atoms with Crippen molar-refractivity contribution in [2.75, 3.05) is 13.2 Å². The number of nitrogens with one attached hydrogen (secondary N) is 1. The van der Waals surface area contributed by atoms with Gasteiger partial charge in [-0.05, 0) is 6.92 Å². The molecule has 0 bridgehead atoms. The molecule has 0 radical (unpaired) electrons. The van der Waals surface area contributed by atoms with E-state index in [2.05, 4.69) is 31.1 Å². The molecule has 4 heteroatoms. The van der Waals surface area contributed by atoms with E-state index in [0.717, 1.165) is 42.5 Å². The van der Waals surface area contributed by atoms with Gasteiger partial charge < -0.3 is 10.1 Å². The smallest absolute Gasteiger partial charge is 0.221 e. The zero-order valence-corrected chi connectivity index (χ0v) is 11.1. The number of hydrogen-bond acceptors (Lipinski definition) is 4. The SMILES string of the molecule is CCOc1nc(C(C)(C)C)nc2c1CNCC2. The lowest BCUT2D eigenvalue weighted by molar-refractivity contribution is 0.314. The van der Waals surface area contributed by atoms with Crippen molar-refractivity contribution in [3.63, 3.8) is 0 Å². The Morgan fingerprint density at radius 3 is 2.71 bits per heavy atom. The molecule has 2 rings (SSSR count). The molecule has 1 aliphatic heterocycles. The lowest BCUT2D eigenvalue weighted by atomic mass is 9.95. The molecule has 0 amide bonds. The van der Waals surface area contributed by atoms with Gasteiger partial charge in [-0.1, -0.05) is 20.8 Å². The van der Waals surface area contributed by atoms with Crippen LogP contribution in [0.3, 0.4) is 0 Å². The Kier molecular flexibility index (Phi) is 3.33. The van der Waals surface area contributed by atoms with E-state index in [1.165, 1.54) is 0 Å². The van der Waals surface area contributed by atoms with Crippen molar-refractivity contribution in [2.45, 2.75) is 46.1 Å². The Hall–Kier alpha value is -1.16. The maximum absolute atomic E-state index is 5.65. The van der Waals surface area contributed by atoms with Crippen molar-refractivity contribution in [1.82, 2.24) is 15.3 Å². The Morgan fingerprint density at radius 1 is 1.29 bits per heavy atom. The average molecular weight is 235 g/mol. The summed E-state index contributed by atoms with van der Waals surface area (Å²) < 4.78 is 5.65. The second-order valence-corrected chi connectivity index (χ2v) is 5.39. The summed E-state index contributed by atoms with van der Waals surface area (Å²) in [5.74, 6) is 1.64. The maximum atomic E-state index is 5.65. The van der Waals surface area contributed by atoms with Gasteiger partial charge in [0, 0.05) is 30.5 Å². The maximum Gasteiger partial charge on any atom is 0.221 e. The third kappa shape index (κ3) is 2.57. The zero-order valence-electron chi connectivity index (χ0n) is 11.1. The first kappa shape index (κ1) is 12.3. The Labute approximate surface area is 103 Å². The van der Waals surface area contributed by atoms with Gasteiger partial charge in [0.2, 0.25) is 5.88 Å². The van der Waals surface area contributed by atoms with Crippen LogP contribution in [0.25, 0.3) is 0 Å².